The summed E-state index contributed by atoms with van der Waals surface area (Å²) in [6.07, 6.45) is 8.83. The fraction of sp³-hybridized carbons (Fsp3) is 0.438. The maximum absolute atomic E-state index is 5.43. The third-order valence-corrected chi connectivity index (χ3v) is 5.17. The molecule has 0 radical (unpaired) electrons. The normalized spacial score (nSPS) is 19.2. The topological polar surface area (TPSA) is 60.0 Å². The average molecular weight is 329 g/mol. The second kappa shape index (κ2) is 6.64. The largest absolute Gasteiger partial charge is 0.462 e. The number of aromatic nitrogens is 4. The van der Waals surface area contributed by atoms with Crippen molar-refractivity contribution < 1.29 is 4.42 Å². The van der Waals surface area contributed by atoms with Gasteiger partial charge in [0.05, 0.1) is 18.5 Å². The fourth-order valence-electron chi connectivity index (χ4n) is 3.12. The molecule has 1 atom stereocenters. The molecule has 0 saturated carbocycles. The lowest BCUT2D eigenvalue weighted by Gasteiger charge is -2.35. The van der Waals surface area contributed by atoms with Crippen molar-refractivity contribution in [1.29, 1.82) is 0 Å². The molecule has 6 nitrogen and oxygen atoms in total. The molecule has 0 unspecified atom stereocenters. The Kier molecular flexibility index (Phi) is 4.21. The molecule has 1 aliphatic rings. The van der Waals surface area contributed by atoms with Crippen LogP contribution in [0.2, 0.25) is 0 Å². The fourth-order valence-corrected chi connectivity index (χ4v) is 3.90. The zero-order valence-electron chi connectivity index (χ0n) is 12.8. The van der Waals surface area contributed by atoms with E-state index in [0.717, 1.165) is 36.1 Å². The zero-order valence-corrected chi connectivity index (χ0v) is 13.7. The predicted molar refractivity (Wildman–Crippen MR) is 87.9 cm³/mol. The van der Waals surface area contributed by atoms with Crippen LogP contribution in [0.1, 0.15) is 25.0 Å². The quantitative estimate of drug-likeness (QED) is 0.720. The van der Waals surface area contributed by atoms with Gasteiger partial charge in [-0.15, -0.1) is 11.3 Å². The summed E-state index contributed by atoms with van der Waals surface area (Å²) >= 11 is 1.64. The number of thiazole rings is 1. The highest BCUT2D eigenvalue weighted by molar-refractivity contribution is 7.13. The number of rotatable bonds is 5. The second-order valence-corrected chi connectivity index (χ2v) is 6.72. The van der Waals surface area contributed by atoms with Crippen LogP contribution >= 0.6 is 11.3 Å². The molecule has 1 aliphatic heterocycles. The Labute approximate surface area is 138 Å². The molecule has 7 heteroatoms. The summed E-state index contributed by atoms with van der Waals surface area (Å²) in [7, 11) is 0. The molecule has 0 spiro atoms. The lowest BCUT2D eigenvalue weighted by atomic mass is 10.0. The van der Waals surface area contributed by atoms with Crippen molar-refractivity contribution in [2.45, 2.75) is 38.4 Å². The van der Waals surface area contributed by atoms with E-state index in [9.17, 15) is 0 Å². The van der Waals surface area contributed by atoms with Crippen LogP contribution in [0.5, 0.6) is 0 Å². The van der Waals surface area contributed by atoms with Gasteiger partial charge in [-0.3, -0.25) is 9.58 Å². The molecule has 0 amide bonds. The lowest BCUT2D eigenvalue weighted by Crippen LogP contribution is -2.41. The minimum atomic E-state index is 0.499. The van der Waals surface area contributed by atoms with Gasteiger partial charge in [-0.2, -0.15) is 5.10 Å². The molecule has 0 N–H and O–H groups in total. The number of hydrogen-bond donors (Lipinski definition) is 0. The van der Waals surface area contributed by atoms with Gasteiger partial charge in [0.2, 0.25) is 0 Å². The third-order valence-electron chi connectivity index (χ3n) is 4.26. The maximum Gasteiger partial charge on any atom is 0.162 e. The summed E-state index contributed by atoms with van der Waals surface area (Å²) in [5.41, 5.74) is 1.12. The van der Waals surface area contributed by atoms with Gasteiger partial charge in [-0.25, -0.2) is 9.97 Å². The number of hydrogen-bond acceptors (Lipinski definition) is 6. The molecule has 3 aromatic heterocycles. The first-order valence-electron chi connectivity index (χ1n) is 7.93. The first-order chi connectivity index (χ1) is 11.4. The summed E-state index contributed by atoms with van der Waals surface area (Å²) in [6.45, 7) is 2.90. The minimum absolute atomic E-state index is 0.499. The molecule has 4 rings (SSSR count). The van der Waals surface area contributed by atoms with Crippen molar-refractivity contribution in [3.05, 3.63) is 42.1 Å². The molecule has 4 heterocycles. The standard InChI is InChI=1S/C16H19N5OS/c1-2-6-20(14(4-1)9-21-12-17-11-18-21)8-13-10-23-16(19-13)15-5-3-7-22-15/h3,5,7,10-12,14H,1-2,4,6,8-9H2/t14-/m1/s1. The van der Waals surface area contributed by atoms with Gasteiger partial charge in [0.1, 0.15) is 12.7 Å². The van der Waals surface area contributed by atoms with E-state index in [1.165, 1.54) is 19.3 Å². The number of piperidine rings is 1. The van der Waals surface area contributed by atoms with Crippen molar-refractivity contribution in [2.75, 3.05) is 6.54 Å². The van der Waals surface area contributed by atoms with Gasteiger partial charge >= 0.3 is 0 Å². The van der Waals surface area contributed by atoms with Gasteiger partial charge in [0, 0.05) is 18.0 Å². The average Bonchev–Trinajstić information content (AvgIpc) is 3.31. The highest BCUT2D eigenvalue weighted by Gasteiger charge is 2.24. The molecule has 1 fully saturated rings. The Morgan fingerprint density at radius 3 is 3.17 bits per heavy atom. The molecular weight excluding hydrogens is 310 g/mol. The first kappa shape index (κ1) is 14.6. The van der Waals surface area contributed by atoms with E-state index < -0.39 is 0 Å². The molecule has 0 aromatic carbocycles. The molecular formula is C16H19N5OS. The highest BCUT2D eigenvalue weighted by Crippen LogP contribution is 2.26. The molecule has 23 heavy (non-hydrogen) atoms. The van der Waals surface area contributed by atoms with E-state index in [0.29, 0.717) is 6.04 Å². The van der Waals surface area contributed by atoms with Crippen LogP contribution in [0.25, 0.3) is 10.8 Å². The number of nitrogens with zero attached hydrogens (tertiary/aromatic N) is 5. The van der Waals surface area contributed by atoms with E-state index in [1.54, 1.807) is 30.3 Å². The Morgan fingerprint density at radius 1 is 1.35 bits per heavy atom. The summed E-state index contributed by atoms with van der Waals surface area (Å²) in [5.74, 6) is 0.846. The van der Waals surface area contributed by atoms with E-state index in [4.69, 9.17) is 9.40 Å². The minimum Gasteiger partial charge on any atom is -0.462 e. The predicted octanol–water partition coefficient (Wildman–Crippen LogP) is 3.05. The van der Waals surface area contributed by atoms with E-state index >= 15 is 0 Å². The monoisotopic (exact) mass is 329 g/mol. The third kappa shape index (κ3) is 3.35. The van der Waals surface area contributed by atoms with Crippen LogP contribution in [0.4, 0.5) is 0 Å². The van der Waals surface area contributed by atoms with E-state index in [2.05, 4.69) is 20.4 Å². The molecule has 0 bridgehead atoms. The molecule has 3 aromatic rings. The van der Waals surface area contributed by atoms with Gasteiger partial charge in [0.15, 0.2) is 10.8 Å². The summed E-state index contributed by atoms with van der Waals surface area (Å²) < 4.78 is 7.36. The Bertz CT molecular complexity index is 722. The van der Waals surface area contributed by atoms with Crippen LogP contribution in [0.3, 0.4) is 0 Å². The lowest BCUT2D eigenvalue weighted by molar-refractivity contribution is 0.120. The van der Waals surface area contributed by atoms with E-state index in [-0.39, 0.29) is 0 Å². The summed E-state index contributed by atoms with van der Waals surface area (Å²) in [4.78, 5) is 11.3. The Balaban J connectivity index is 1.45. The van der Waals surface area contributed by atoms with Gasteiger partial charge < -0.3 is 4.42 Å². The SMILES string of the molecule is c1coc(-c2nc(CN3CCCC[C@@H]3Cn3cncn3)cs2)c1. The van der Waals surface area contributed by atoms with Gasteiger partial charge in [-0.05, 0) is 31.5 Å². The highest BCUT2D eigenvalue weighted by atomic mass is 32.1. The second-order valence-electron chi connectivity index (χ2n) is 5.86. The van der Waals surface area contributed by atoms with Crippen LogP contribution in [0.15, 0.2) is 40.8 Å². The van der Waals surface area contributed by atoms with Crippen LogP contribution in [-0.4, -0.2) is 37.2 Å². The molecule has 120 valence electrons. The van der Waals surface area contributed by atoms with Crippen molar-refractivity contribution in [2.24, 2.45) is 0 Å². The Hall–Kier alpha value is -1.99. The van der Waals surface area contributed by atoms with Gasteiger partial charge in [-0.1, -0.05) is 6.42 Å². The smallest absolute Gasteiger partial charge is 0.162 e. The van der Waals surface area contributed by atoms with Crippen molar-refractivity contribution in [3.8, 4) is 10.8 Å². The number of furan rings is 1. The zero-order chi connectivity index (χ0) is 15.5. The van der Waals surface area contributed by atoms with Crippen LogP contribution < -0.4 is 0 Å². The summed E-state index contributed by atoms with van der Waals surface area (Å²) in [6, 6.07) is 4.35. The van der Waals surface area contributed by atoms with Crippen LogP contribution in [-0.2, 0) is 13.1 Å². The van der Waals surface area contributed by atoms with Crippen LogP contribution in [0, 0.1) is 0 Å². The summed E-state index contributed by atoms with van der Waals surface area (Å²) in [5, 5.41) is 7.33. The first-order valence-corrected chi connectivity index (χ1v) is 8.81. The van der Waals surface area contributed by atoms with E-state index in [1.807, 2.05) is 16.8 Å². The molecule has 1 saturated heterocycles. The Morgan fingerprint density at radius 2 is 2.35 bits per heavy atom. The van der Waals surface area contributed by atoms with Crippen molar-refractivity contribution in [3.63, 3.8) is 0 Å². The van der Waals surface area contributed by atoms with Crippen molar-refractivity contribution in [1.82, 2.24) is 24.6 Å². The van der Waals surface area contributed by atoms with Crippen molar-refractivity contribution >= 4 is 11.3 Å². The molecule has 0 aliphatic carbocycles. The maximum atomic E-state index is 5.43. The van der Waals surface area contributed by atoms with Gasteiger partial charge in [0.25, 0.3) is 0 Å². The number of likely N-dealkylation sites (tertiary alicyclic amines) is 1.